The maximum atomic E-state index is 9.91. The Hall–Kier alpha value is -1.07. The summed E-state index contributed by atoms with van der Waals surface area (Å²) in [6.07, 6.45) is 0. The van der Waals surface area contributed by atoms with Crippen LogP contribution in [0.4, 0.5) is 5.69 Å². The molecule has 19 heavy (non-hydrogen) atoms. The van der Waals surface area contributed by atoms with E-state index in [0.717, 1.165) is 0 Å². The average Bonchev–Trinajstić information content (AvgIpc) is 2.26. The molecule has 1 aromatic carbocycles. The Labute approximate surface area is 115 Å². The van der Waals surface area contributed by atoms with E-state index in [0.29, 0.717) is 5.69 Å². The van der Waals surface area contributed by atoms with Crippen molar-refractivity contribution in [2.24, 2.45) is 4.74 Å². The lowest BCUT2D eigenvalue weighted by atomic mass is 10.3. The molecular formula is C12H23N4O2P. The second-order valence-electron chi connectivity index (χ2n) is 4.85. The zero-order chi connectivity index (χ0) is 14.8. The van der Waals surface area contributed by atoms with Crippen LogP contribution < -0.4 is 0 Å². The minimum absolute atomic E-state index is 0.0186. The highest BCUT2D eigenvalue weighted by molar-refractivity contribution is 7.59. The third-order valence-electron chi connectivity index (χ3n) is 2.81. The molecule has 0 heterocycles. The molecule has 0 bridgehead atoms. The Kier molecular flexibility index (Phi) is 4.98. The average molecular weight is 286 g/mol. The third-order valence-corrected chi connectivity index (χ3v) is 6.51. The van der Waals surface area contributed by atoms with Gasteiger partial charge in [0.2, 0.25) is 0 Å². The van der Waals surface area contributed by atoms with Crippen LogP contribution in [0.2, 0.25) is 0 Å². The molecule has 2 N–H and O–H groups in total. The molecule has 0 aliphatic carbocycles. The van der Waals surface area contributed by atoms with Crippen LogP contribution >= 0.6 is 7.51 Å². The first-order valence-electron chi connectivity index (χ1n) is 5.89. The summed E-state index contributed by atoms with van der Waals surface area (Å²) in [6.45, 7) is 0. The van der Waals surface area contributed by atoms with Crippen LogP contribution in [-0.4, -0.2) is 66.5 Å². The van der Waals surface area contributed by atoms with Gasteiger partial charge in [0.1, 0.15) is 17.2 Å². The summed E-state index contributed by atoms with van der Waals surface area (Å²) < 4.78 is 10.9. The maximum Gasteiger partial charge on any atom is 0.171 e. The van der Waals surface area contributed by atoms with E-state index in [1.165, 1.54) is 12.1 Å². The number of rotatable bonds is 4. The minimum atomic E-state index is -2.09. The zero-order valence-electron chi connectivity index (χ0n) is 12.4. The van der Waals surface area contributed by atoms with Gasteiger partial charge in [-0.05, 0) is 54.4 Å². The molecule has 0 aliphatic heterocycles. The fraction of sp³-hybridized carbons (Fsp3) is 0.500. The van der Waals surface area contributed by atoms with Crippen molar-refractivity contribution in [1.82, 2.24) is 14.0 Å². The SMILES string of the molecule is CN(C)P(=Nc1ccc(O)cc1O)(N(C)C)N(C)C. The first-order valence-corrected chi connectivity index (χ1v) is 7.49. The standard InChI is InChI=1S/C12H23N4O2P/c1-14(2)19(15(3)4,16(5)6)13-11-8-7-10(17)9-12(11)18/h7-9,17-18H,1-6H3. The van der Waals surface area contributed by atoms with Crippen molar-refractivity contribution in [1.29, 1.82) is 0 Å². The second-order valence-corrected chi connectivity index (χ2v) is 8.52. The van der Waals surface area contributed by atoms with E-state index in [1.54, 1.807) is 6.07 Å². The molecular weight excluding hydrogens is 263 g/mol. The Morgan fingerprint density at radius 3 is 1.74 bits per heavy atom. The zero-order valence-corrected chi connectivity index (χ0v) is 13.3. The van der Waals surface area contributed by atoms with Gasteiger partial charge in [0.05, 0.1) is 0 Å². The lowest BCUT2D eigenvalue weighted by Crippen LogP contribution is -2.30. The van der Waals surface area contributed by atoms with E-state index in [-0.39, 0.29) is 11.5 Å². The molecule has 0 aliphatic rings. The third kappa shape index (κ3) is 3.09. The molecule has 0 fully saturated rings. The number of hydrogen-bond donors (Lipinski definition) is 2. The van der Waals surface area contributed by atoms with E-state index < -0.39 is 7.51 Å². The molecule has 0 radical (unpaired) electrons. The summed E-state index contributed by atoms with van der Waals surface area (Å²) >= 11 is 0. The Morgan fingerprint density at radius 1 is 0.895 bits per heavy atom. The van der Waals surface area contributed by atoms with Gasteiger partial charge in [-0.3, -0.25) is 14.0 Å². The topological polar surface area (TPSA) is 62.5 Å². The van der Waals surface area contributed by atoms with Crippen molar-refractivity contribution in [3.05, 3.63) is 18.2 Å². The van der Waals surface area contributed by atoms with Crippen LogP contribution in [0, 0.1) is 0 Å². The van der Waals surface area contributed by atoms with Crippen molar-refractivity contribution < 1.29 is 10.2 Å². The molecule has 0 aromatic heterocycles. The van der Waals surface area contributed by atoms with Crippen molar-refractivity contribution >= 4 is 13.2 Å². The molecule has 7 heteroatoms. The van der Waals surface area contributed by atoms with E-state index in [4.69, 9.17) is 4.74 Å². The normalized spacial score (nSPS) is 12.5. The van der Waals surface area contributed by atoms with E-state index in [9.17, 15) is 10.2 Å². The summed E-state index contributed by atoms with van der Waals surface area (Å²) in [5, 5.41) is 19.2. The number of phenolic OH excluding ortho intramolecular Hbond substituents is 2. The summed E-state index contributed by atoms with van der Waals surface area (Å²) in [7, 11) is 9.71. The summed E-state index contributed by atoms with van der Waals surface area (Å²) in [4.78, 5) is 0. The molecule has 0 saturated heterocycles. The van der Waals surface area contributed by atoms with Crippen LogP contribution in [0.25, 0.3) is 0 Å². The minimum Gasteiger partial charge on any atom is -0.508 e. The van der Waals surface area contributed by atoms with Crippen molar-refractivity contribution in [3.63, 3.8) is 0 Å². The monoisotopic (exact) mass is 286 g/mol. The Morgan fingerprint density at radius 2 is 1.37 bits per heavy atom. The van der Waals surface area contributed by atoms with Crippen molar-refractivity contribution in [2.45, 2.75) is 0 Å². The number of aromatic hydroxyl groups is 2. The molecule has 0 atom stereocenters. The van der Waals surface area contributed by atoms with Gasteiger partial charge in [0, 0.05) is 6.07 Å². The van der Waals surface area contributed by atoms with E-state index in [2.05, 4.69) is 14.0 Å². The highest BCUT2D eigenvalue weighted by atomic mass is 31.2. The van der Waals surface area contributed by atoms with Gasteiger partial charge in [-0.1, -0.05) is 0 Å². The van der Waals surface area contributed by atoms with Gasteiger partial charge in [-0.2, -0.15) is 0 Å². The lowest BCUT2D eigenvalue weighted by Gasteiger charge is -2.41. The van der Waals surface area contributed by atoms with E-state index in [1.807, 2.05) is 42.3 Å². The molecule has 1 aromatic rings. The largest absolute Gasteiger partial charge is 0.508 e. The number of hydrogen-bond acceptors (Lipinski definition) is 3. The number of benzene rings is 1. The number of phenols is 2. The van der Waals surface area contributed by atoms with Gasteiger partial charge in [-0.15, -0.1) is 0 Å². The van der Waals surface area contributed by atoms with Gasteiger partial charge >= 0.3 is 0 Å². The Bertz CT molecular complexity index is 472. The van der Waals surface area contributed by atoms with Crippen LogP contribution in [0.15, 0.2) is 22.9 Å². The van der Waals surface area contributed by atoms with Crippen molar-refractivity contribution in [3.8, 4) is 11.5 Å². The Balaban J connectivity index is 3.51. The predicted molar refractivity (Wildman–Crippen MR) is 79.8 cm³/mol. The van der Waals surface area contributed by atoms with Crippen LogP contribution in [0.1, 0.15) is 0 Å². The van der Waals surface area contributed by atoms with Gasteiger partial charge < -0.3 is 10.2 Å². The van der Waals surface area contributed by atoms with Crippen LogP contribution in [0.5, 0.6) is 11.5 Å². The van der Waals surface area contributed by atoms with Gasteiger partial charge in [0.25, 0.3) is 0 Å². The quantitative estimate of drug-likeness (QED) is 0.832. The summed E-state index contributed by atoms with van der Waals surface area (Å²) in [5.74, 6) is 0.00914. The fourth-order valence-corrected chi connectivity index (χ4v) is 5.22. The van der Waals surface area contributed by atoms with Gasteiger partial charge in [0.15, 0.2) is 7.51 Å². The van der Waals surface area contributed by atoms with Gasteiger partial charge in [-0.25, -0.2) is 4.74 Å². The molecule has 108 valence electrons. The molecule has 0 saturated carbocycles. The van der Waals surface area contributed by atoms with Crippen LogP contribution in [-0.2, 0) is 0 Å². The second kappa shape index (κ2) is 5.92. The molecule has 6 nitrogen and oxygen atoms in total. The number of nitrogens with zero attached hydrogens (tertiary/aromatic N) is 4. The molecule has 0 amide bonds. The molecule has 0 unspecified atom stereocenters. The maximum absolute atomic E-state index is 9.91. The van der Waals surface area contributed by atoms with Crippen molar-refractivity contribution in [2.75, 3.05) is 42.3 Å². The fourth-order valence-electron chi connectivity index (χ4n) is 2.08. The highest BCUT2D eigenvalue weighted by Crippen LogP contribution is 2.57. The van der Waals surface area contributed by atoms with Crippen LogP contribution in [0.3, 0.4) is 0 Å². The van der Waals surface area contributed by atoms with E-state index >= 15 is 0 Å². The summed E-state index contributed by atoms with van der Waals surface area (Å²) in [6, 6.07) is 4.44. The first kappa shape index (κ1) is 16.0. The molecule has 0 spiro atoms. The summed E-state index contributed by atoms with van der Waals surface area (Å²) in [5.41, 5.74) is 0.474. The first-order chi connectivity index (χ1) is 8.71. The predicted octanol–water partition coefficient (Wildman–Crippen LogP) is 2.36. The highest BCUT2D eigenvalue weighted by Gasteiger charge is 2.28. The lowest BCUT2D eigenvalue weighted by molar-refractivity contribution is 0.450. The smallest absolute Gasteiger partial charge is 0.171 e. The molecule has 1 rings (SSSR count).